The van der Waals surface area contributed by atoms with Crippen molar-refractivity contribution in [3.63, 3.8) is 0 Å². The highest BCUT2D eigenvalue weighted by Gasteiger charge is 2.41. The van der Waals surface area contributed by atoms with E-state index in [1.807, 2.05) is 18.2 Å². The summed E-state index contributed by atoms with van der Waals surface area (Å²) in [6.07, 6.45) is 0. The monoisotopic (exact) mass is 284 g/mol. The summed E-state index contributed by atoms with van der Waals surface area (Å²) < 4.78 is 4.90. The minimum atomic E-state index is -0.656. The lowest BCUT2D eigenvalue weighted by atomic mass is 9.99. The number of hydrogen-bond acceptors (Lipinski definition) is 4. The van der Waals surface area contributed by atoms with Crippen molar-refractivity contribution >= 4 is 35.1 Å². The molecule has 0 saturated carbocycles. The van der Waals surface area contributed by atoms with Crippen molar-refractivity contribution < 1.29 is 14.3 Å². The summed E-state index contributed by atoms with van der Waals surface area (Å²) in [4.78, 5) is 23.8. The van der Waals surface area contributed by atoms with Gasteiger partial charge in [-0.25, -0.2) is 0 Å². The Morgan fingerprint density at radius 1 is 1.50 bits per heavy atom. The van der Waals surface area contributed by atoms with Gasteiger partial charge in [-0.1, -0.05) is 29.8 Å². The lowest BCUT2D eigenvalue weighted by Crippen LogP contribution is -2.25. The Morgan fingerprint density at radius 2 is 2.22 bits per heavy atom. The van der Waals surface area contributed by atoms with Gasteiger partial charge in [-0.3, -0.25) is 9.59 Å². The Morgan fingerprint density at radius 3 is 2.89 bits per heavy atom. The largest absolute Gasteiger partial charge is 0.465 e. The molecule has 0 amide bonds. The number of thioether (sulfide) groups is 1. The first-order chi connectivity index (χ1) is 8.65. The van der Waals surface area contributed by atoms with Crippen LogP contribution >= 0.6 is 23.4 Å². The Kier molecular flexibility index (Phi) is 4.30. The molecule has 1 heterocycles. The molecule has 0 spiro atoms. The third-order valence-corrected chi connectivity index (χ3v) is 4.48. The van der Waals surface area contributed by atoms with Crippen molar-refractivity contribution in [2.75, 3.05) is 12.4 Å². The molecule has 3 nitrogen and oxygen atoms in total. The Bertz CT molecular complexity index is 475. The van der Waals surface area contributed by atoms with Gasteiger partial charge in [-0.2, -0.15) is 0 Å². The number of hydrogen-bond donors (Lipinski definition) is 0. The van der Waals surface area contributed by atoms with Gasteiger partial charge in [0, 0.05) is 10.8 Å². The molecule has 1 fully saturated rings. The second-order valence-corrected chi connectivity index (χ2v) is 5.49. The fourth-order valence-electron chi connectivity index (χ4n) is 1.90. The summed E-state index contributed by atoms with van der Waals surface area (Å²) >= 11 is 7.52. The number of halogens is 1. The number of Topliss-reactive ketones (excluding diaryl/α,β-unsaturated/α-hetero) is 1. The van der Waals surface area contributed by atoms with Crippen LogP contribution in [0.1, 0.15) is 17.7 Å². The quantitative estimate of drug-likeness (QED) is 0.632. The van der Waals surface area contributed by atoms with E-state index in [2.05, 4.69) is 0 Å². The molecule has 1 aliphatic rings. The molecule has 2 rings (SSSR count). The molecule has 0 aromatic heterocycles. The maximum absolute atomic E-state index is 12.2. The summed E-state index contributed by atoms with van der Waals surface area (Å²) in [5.41, 5.74) is 0.779. The molecule has 1 saturated heterocycles. The molecule has 96 valence electrons. The van der Waals surface area contributed by atoms with Crippen molar-refractivity contribution in [1.29, 1.82) is 0 Å². The van der Waals surface area contributed by atoms with Crippen molar-refractivity contribution in [2.24, 2.45) is 5.92 Å². The maximum atomic E-state index is 12.2. The lowest BCUT2D eigenvalue weighted by Gasteiger charge is -2.10. The summed E-state index contributed by atoms with van der Waals surface area (Å²) in [6, 6.07) is 7.24. The van der Waals surface area contributed by atoms with Crippen LogP contribution in [0.3, 0.4) is 0 Å². The van der Waals surface area contributed by atoms with Crippen LogP contribution in [0.5, 0.6) is 0 Å². The van der Waals surface area contributed by atoms with E-state index in [1.165, 1.54) is 11.8 Å². The molecule has 1 aliphatic heterocycles. The Hall–Kier alpha value is -1.00. The smallest absolute Gasteiger partial charge is 0.317 e. The lowest BCUT2D eigenvalue weighted by molar-refractivity contribution is -0.150. The molecule has 18 heavy (non-hydrogen) atoms. The minimum absolute atomic E-state index is 0.105. The molecule has 1 aromatic rings. The van der Waals surface area contributed by atoms with Crippen LogP contribution < -0.4 is 0 Å². The van der Waals surface area contributed by atoms with Gasteiger partial charge in [0.05, 0.1) is 11.9 Å². The van der Waals surface area contributed by atoms with Gasteiger partial charge in [0.2, 0.25) is 0 Å². The summed E-state index contributed by atoms with van der Waals surface area (Å²) in [6.45, 7) is 2.03. The molecule has 0 N–H and O–H groups in total. The second-order valence-electron chi connectivity index (χ2n) is 3.94. The molecule has 0 bridgehead atoms. The zero-order valence-electron chi connectivity index (χ0n) is 9.89. The highest BCUT2D eigenvalue weighted by atomic mass is 35.5. The molecule has 2 unspecified atom stereocenters. The first-order valence-electron chi connectivity index (χ1n) is 5.71. The van der Waals surface area contributed by atoms with E-state index in [0.29, 0.717) is 17.4 Å². The van der Waals surface area contributed by atoms with Gasteiger partial charge in [-0.05, 0) is 18.6 Å². The summed E-state index contributed by atoms with van der Waals surface area (Å²) in [5, 5.41) is 0.209. The van der Waals surface area contributed by atoms with Crippen LogP contribution in [0.2, 0.25) is 5.02 Å². The number of ketones is 1. The molecule has 0 aliphatic carbocycles. The van der Waals surface area contributed by atoms with Crippen LogP contribution in [0.25, 0.3) is 0 Å². The third-order valence-electron chi connectivity index (χ3n) is 2.79. The molecule has 0 radical (unpaired) electrons. The van der Waals surface area contributed by atoms with E-state index < -0.39 is 11.9 Å². The van der Waals surface area contributed by atoms with Gasteiger partial charge in [0.15, 0.2) is 5.78 Å². The highest BCUT2D eigenvalue weighted by Crippen LogP contribution is 2.42. The predicted octanol–water partition coefficient (Wildman–Crippen LogP) is 2.88. The maximum Gasteiger partial charge on any atom is 0.317 e. The van der Waals surface area contributed by atoms with Gasteiger partial charge < -0.3 is 4.74 Å². The van der Waals surface area contributed by atoms with Crippen molar-refractivity contribution in [2.45, 2.75) is 12.2 Å². The van der Waals surface area contributed by atoms with Crippen LogP contribution in [-0.2, 0) is 14.3 Å². The Labute approximate surface area is 115 Å². The van der Waals surface area contributed by atoms with E-state index in [1.54, 1.807) is 13.0 Å². The van der Waals surface area contributed by atoms with E-state index in [9.17, 15) is 9.59 Å². The highest BCUT2D eigenvalue weighted by molar-refractivity contribution is 8.00. The molecular weight excluding hydrogens is 272 g/mol. The zero-order valence-corrected chi connectivity index (χ0v) is 11.5. The normalized spacial score (nSPS) is 23.1. The number of rotatable bonds is 3. The van der Waals surface area contributed by atoms with Gasteiger partial charge in [-0.15, -0.1) is 11.8 Å². The third kappa shape index (κ3) is 2.54. The summed E-state index contributed by atoms with van der Waals surface area (Å²) in [5.74, 6) is -0.722. The predicted molar refractivity (Wildman–Crippen MR) is 71.8 cm³/mol. The average Bonchev–Trinajstić information content (AvgIpc) is 2.72. The van der Waals surface area contributed by atoms with Crippen LogP contribution in [0, 0.1) is 5.92 Å². The zero-order chi connectivity index (χ0) is 13.1. The van der Waals surface area contributed by atoms with Crippen LogP contribution in [-0.4, -0.2) is 24.1 Å². The van der Waals surface area contributed by atoms with Gasteiger partial charge >= 0.3 is 5.97 Å². The minimum Gasteiger partial charge on any atom is -0.465 e. The average molecular weight is 285 g/mol. The SMILES string of the molecule is CCOC(=O)C1CSC(c2ccccc2Cl)C1=O. The molecular formula is C13H13ClO3S. The first-order valence-corrected chi connectivity index (χ1v) is 7.14. The van der Waals surface area contributed by atoms with Crippen molar-refractivity contribution in [1.82, 2.24) is 0 Å². The topological polar surface area (TPSA) is 43.4 Å². The van der Waals surface area contributed by atoms with E-state index in [0.717, 1.165) is 5.56 Å². The van der Waals surface area contributed by atoms with Gasteiger partial charge in [0.1, 0.15) is 5.92 Å². The number of esters is 1. The standard InChI is InChI=1S/C13H13ClO3S/c1-2-17-13(16)9-7-18-12(11(9)15)8-5-3-4-6-10(8)14/h3-6,9,12H,2,7H2,1H3. The number of benzene rings is 1. The number of carbonyl (C=O) groups excluding carboxylic acids is 2. The molecule has 1 aromatic carbocycles. The van der Waals surface area contributed by atoms with Crippen molar-refractivity contribution in [3.05, 3.63) is 34.9 Å². The fourth-order valence-corrected chi connectivity index (χ4v) is 3.61. The van der Waals surface area contributed by atoms with Crippen molar-refractivity contribution in [3.8, 4) is 0 Å². The molecule has 2 atom stereocenters. The van der Waals surface area contributed by atoms with E-state index in [-0.39, 0.29) is 11.0 Å². The van der Waals surface area contributed by atoms with Crippen LogP contribution in [0.4, 0.5) is 0 Å². The van der Waals surface area contributed by atoms with E-state index >= 15 is 0 Å². The molecule has 5 heteroatoms. The van der Waals surface area contributed by atoms with E-state index in [4.69, 9.17) is 16.3 Å². The fraction of sp³-hybridized carbons (Fsp3) is 0.385. The second kappa shape index (κ2) is 5.76. The summed E-state index contributed by atoms with van der Waals surface area (Å²) in [7, 11) is 0. The number of carbonyl (C=O) groups is 2. The first kappa shape index (κ1) is 13.4. The Balaban J connectivity index is 2.17. The van der Waals surface area contributed by atoms with Gasteiger partial charge in [0.25, 0.3) is 0 Å². The van der Waals surface area contributed by atoms with Crippen LogP contribution in [0.15, 0.2) is 24.3 Å². The number of ether oxygens (including phenoxy) is 1.